The Morgan fingerprint density at radius 1 is 1.28 bits per heavy atom. The van der Waals surface area contributed by atoms with Crippen LogP contribution in [0.1, 0.15) is 31.4 Å². The summed E-state index contributed by atoms with van der Waals surface area (Å²) in [6, 6.07) is 5.52. The lowest BCUT2D eigenvalue weighted by Crippen LogP contribution is -2.40. The number of pyridine rings is 1. The Bertz CT molecular complexity index is 400. The van der Waals surface area contributed by atoms with Gasteiger partial charge in [-0.1, -0.05) is 0 Å². The van der Waals surface area contributed by atoms with Crippen LogP contribution in [0.4, 0.5) is 5.82 Å². The number of hydrogen-bond acceptors (Lipinski definition) is 3. The number of nitrogens with zero attached hydrogens (tertiary/aromatic N) is 2. The topological polar surface area (TPSA) is 28.2 Å². The molecule has 3 nitrogen and oxygen atoms in total. The number of hydrogen-bond donors (Lipinski definition) is 1. The molecular formula is C14H22BrN3. The lowest BCUT2D eigenvalue weighted by molar-refractivity contribution is 0.350. The van der Waals surface area contributed by atoms with E-state index in [9.17, 15) is 0 Å². The van der Waals surface area contributed by atoms with Gasteiger partial charge in [0, 0.05) is 23.6 Å². The molecule has 1 aromatic heterocycles. The smallest absolute Gasteiger partial charge is 0.128 e. The van der Waals surface area contributed by atoms with Gasteiger partial charge in [0.05, 0.1) is 5.69 Å². The van der Waals surface area contributed by atoms with Gasteiger partial charge in [0.25, 0.3) is 0 Å². The summed E-state index contributed by atoms with van der Waals surface area (Å²) in [5.41, 5.74) is 1.06. The molecule has 1 fully saturated rings. The van der Waals surface area contributed by atoms with Crippen LogP contribution >= 0.6 is 15.9 Å². The Balaban J connectivity index is 2.03. The van der Waals surface area contributed by atoms with E-state index >= 15 is 0 Å². The van der Waals surface area contributed by atoms with E-state index in [-0.39, 0.29) is 0 Å². The fourth-order valence-corrected chi connectivity index (χ4v) is 2.89. The minimum absolute atomic E-state index is 0.627. The Labute approximate surface area is 118 Å². The normalized spacial score (nSPS) is 24.0. The molecule has 0 unspecified atom stereocenters. The van der Waals surface area contributed by atoms with Crippen molar-refractivity contribution in [1.29, 1.82) is 0 Å². The first kappa shape index (κ1) is 13.8. The van der Waals surface area contributed by atoms with Crippen molar-refractivity contribution in [2.75, 3.05) is 19.0 Å². The van der Waals surface area contributed by atoms with Gasteiger partial charge >= 0.3 is 0 Å². The highest BCUT2D eigenvalue weighted by molar-refractivity contribution is 9.10. The van der Waals surface area contributed by atoms with Crippen LogP contribution in [0.3, 0.4) is 0 Å². The molecule has 1 aliphatic rings. The van der Waals surface area contributed by atoms with Crippen molar-refractivity contribution in [3.63, 3.8) is 0 Å². The molecule has 1 saturated carbocycles. The third-order valence-electron chi connectivity index (χ3n) is 4.02. The SMILES string of the molecule is CNC1CCC(N(C)c2ccc(Br)c(C)n2)CC1. The molecule has 0 atom stereocenters. The molecule has 1 heterocycles. The van der Waals surface area contributed by atoms with Gasteiger partial charge in [0.1, 0.15) is 5.82 Å². The maximum atomic E-state index is 4.65. The predicted molar refractivity (Wildman–Crippen MR) is 80.2 cm³/mol. The summed E-state index contributed by atoms with van der Waals surface area (Å²) in [5, 5.41) is 3.38. The van der Waals surface area contributed by atoms with E-state index in [4.69, 9.17) is 0 Å². The van der Waals surface area contributed by atoms with Crippen LogP contribution in [0.15, 0.2) is 16.6 Å². The van der Waals surface area contributed by atoms with E-state index < -0.39 is 0 Å². The predicted octanol–water partition coefficient (Wildman–Crippen LogP) is 3.12. The minimum atomic E-state index is 0.627. The summed E-state index contributed by atoms with van der Waals surface area (Å²) < 4.78 is 1.08. The molecular weight excluding hydrogens is 290 g/mol. The standard InChI is InChI=1S/C14H22BrN3/c1-10-13(15)8-9-14(17-10)18(3)12-6-4-11(16-2)5-7-12/h8-9,11-12,16H,4-7H2,1-3H3. The van der Waals surface area contributed by atoms with E-state index in [0.717, 1.165) is 16.0 Å². The van der Waals surface area contributed by atoms with Crippen LogP contribution in [0.25, 0.3) is 0 Å². The monoisotopic (exact) mass is 311 g/mol. The fourth-order valence-electron chi connectivity index (χ4n) is 2.67. The highest BCUT2D eigenvalue weighted by atomic mass is 79.9. The Kier molecular flexibility index (Phi) is 4.62. The van der Waals surface area contributed by atoms with Crippen LogP contribution in [-0.2, 0) is 0 Å². The van der Waals surface area contributed by atoms with Crippen molar-refractivity contribution >= 4 is 21.7 Å². The van der Waals surface area contributed by atoms with Gasteiger partial charge in [-0.15, -0.1) is 0 Å². The molecule has 1 N–H and O–H groups in total. The second-order valence-electron chi connectivity index (χ2n) is 5.14. The van der Waals surface area contributed by atoms with Gasteiger partial charge in [-0.25, -0.2) is 4.98 Å². The van der Waals surface area contributed by atoms with Crippen molar-refractivity contribution in [3.05, 3.63) is 22.3 Å². The molecule has 0 aliphatic heterocycles. The van der Waals surface area contributed by atoms with Crippen LogP contribution in [0.5, 0.6) is 0 Å². The second-order valence-corrected chi connectivity index (χ2v) is 6.00. The summed E-state index contributed by atoms with van der Waals surface area (Å²) in [7, 11) is 4.23. The molecule has 0 bridgehead atoms. The Morgan fingerprint density at radius 3 is 2.50 bits per heavy atom. The van der Waals surface area contributed by atoms with Crippen molar-refractivity contribution < 1.29 is 0 Å². The van der Waals surface area contributed by atoms with Gasteiger partial charge in [0.2, 0.25) is 0 Å². The molecule has 2 rings (SSSR count). The first-order chi connectivity index (χ1) is 8.61. The van der Waals surface area contributed by atoms with Gasteiger partial charge in [0.15, 0.2) is 0 Å². The third kappa shape index (κ3) is 3.04. The largest absolute Gasteiger partial charge is 0.357 e. The maximum absolute atomic E-state index is 4.65. The highest BCUT2D eigenvalue weighted by Gasteiger charge is 2.23. The lowest BCUT2D eigenvalue weighted by atomic mass is 9.90. The summed E-state index contributed by atoms with van der Waals surface area (Å²) in [6.07, 6.45) is 5.03. The molecule has 0 saturated heterocycles. The average molecular weight is 312 g/mol. The first-order valence-electron chi connectivity index (χ1n) is 6.65. The van der Waals surface area contributed by atoms with Crippen LogP contribution in [0.2, 0.25) is 0 Å². The quantitative estimate of drug-likeness (QED) is 0.929. The van der Waals surface area contributed by atoms with E-state index in [2.05, 4.69) is 57.4 Å². The zero-order valence-electron chi connectivity index (χ0n) is 11.4. The number of aromatic nitrogens is 1. The number of aryl methyl sites for hydroxylation is 1. The molecule has 4 heteroatoms. The molecule has 1 aliphatic carbocycles. The van der Waals surface area contributed by atoms with Crippen LogP contribution in [0, 0.1) is 6.92 Å². The maximum Gasteiger partial charge on any atom is 0.128 e. The summed E-state index contributed by atoms with van der Waals surface area (Å²) in [6.45, 7) is 2.04. The first-order valence-corrected chi connectivity index (χ1v) is 7.44. The molecule has 0 amide bonds. The van der Waals surface area contributed by atoms with E-state index in [1.165, 1.54) is 25.7 Å². The van der Waals surface area contributed by atoms with Crippen molar-refractivity contribution in [2.45, 2.75) is 44.7 Å². The molecule has 1 aromatic rings. The third-order valence-corrected chi connectivity index (χ3v) is 4.86. The lowest BCUT2D eigenvalue weighted by Gasteiger charge is -2.35. The van der Waals surface area contributed by atoms with Gasteiger partial charge in [-0.05, 0) is 67.7 Å². The average Bonchev–Trinajstić information content (AvgIpc) is 2.41. The summed E-state index contributed by atoms with van der Waals surface area (Å²) >= 11 is 3.50. The number of nitrogens with one attached hydrogen (secondary N) is 1. The van der Waals surface area contributed by atoms with Crippen molar-refractivity contribution in [2.24, 2.45) is 0 Å². The van der Waals surface area contributed by atoms with E-state index in [1.807, 2.05) is 6.92 Å². The molecule has 0 aromatic carbocycles. The number of halogens is 1. The Morgan fingerprint density at radius 2 is 1.94 bits per heavy atom. The van der Waals surface area contributed by atoms with Crippen LogP contribution < -0.4 is 10.2 Å². The van der Waals surface area contributed by atoms with Crippen molar-refractivity contribution in [3.8, 4) is 0 Å². The molecule has 18 heavy (non-hydrogen) atoms. The summed E-state index contributed by atoms with van der Waals surface area (Å²) in [4.78, 5) is 6.99. The van der Waals surface area contributed by atoms with Crippen molar-refractivity contribution in [1.82, 2.24) is 10.3 Å². The zero-order valence-corrected chi connectivity index (χ0v) is 13.0. The minimum Gasteiger partial charge on any atom is -0.357 e. The summed E-state index contributed by atoms with van der Waals surface area (Å²) in [5.74, 6) is 1.09. The molecule has 0 radical (unpaired) electrons. The van der Waals surface area contributed by atoms with Gasteiger partial charge in [-0.3, -0.25) is 0 Å². The number of rotatable bonds is 3. The second kappa shape index (κ2) is 6.02. The van der Waals surface area contributed by atoms with Gasteiger partial charge in [-0.2, -0.15) is 0 Å². The molecule has 0 spiro atoms. The zero-order chi connectivity index (χ0) is 13.1. The van der Waals surface area contributed by atoms with E-state index in [0.29, 0.717) is 12.1 Å². The Hall–Kier alpha value is -0.610. The van der Waals surface area contributed by atoms with Crippen LogP contribution in [-0.4, -0.2) is 31.2 Å². The highest BCUT2D eigenvalue weighted by Crippen LogP contribution is 2.26. The molecule has 100 valence electrons. The fraction of sp³-hybridized carbons (Fsp3) is 0.643. The van der Waals surface area contributed by atoms with E-state index in [1.54, 1.807) is 0 Å². The number of anilines is 1. The van der Waals surface area contributed by atoms with Gasteiger partial charge < -0.3 is 10.2 Å².